The smallest absolute Gasteiger partial charge is 0.246 e. The summed E-state index contributed by atoms with van der Waals surface area (Å²) in [7, 11) is 3.44. The van der Waals surface area contributed by atoms with E-state index in [1.807, 2.05) is 32.2 Å². The fourth-order valence-corrected chi connectivity index (χ4v) is 2.25. The van der Waals surface area contributed by atoms with Crippen LogP contribution in [0.15, 0.2) is 29.8 Å². The molecule has 1 fully saturated rings. The van der Waals surface area contributed by atoms with Crippen LogP contribution >= 0.6 is 0 Å². The second-order valence-corrected chi connectivity index (χ2v) is 5.27. The molecule has 0 heterocycles. The summed E-state index contributed by atoms with van der Waals surface area (Å²) in [6.07, 6.45) is 5.11. The predicted octanol–water partition coefficient (Wildman–Crippen LogP) is 3.16. The van der Waals surface area contributed by atoms with E-state index in [1.165, 1.54) is 12.0 Å². The van der Waals surface area contributed by atoms with Gasteiger partial charge in [-0.1, -0.05) is 11.6 Å². The zero-order valence-electron chi connectivity index (χ0n) is 13.0. The van der Waals surface area contributed by atoms with E-state index in [0.29, 0.717) is 18.9 Å². The van der Waals surface area contributed by atoms with Gasteiger partial charge >= 0.3 is 0 Å². The maximum Gasteiger partial charge on any atom is 0.246 e. The first kappa shape index (κ1) is 15.4. The lowest BCUT2D eigenvalue weighted by Gasteiger charge is -2.20. The van der Waals surface area contributed by atoms with Crippen molar-refractivity contribution in [2.45, 2.75) is 32.7 Å². The summed E-state index contributed by atoms with van der Waals surface area (Å²) >= 11 is 0. The van der Waals surface area contributed by atoms with Gasteiger partial charge in [0.1, 0.15) is 0 Å². The number of allylic oxidation sites excluding steroid dienone is 1. The summed E-state index contributed by atoms with van der Waals surface area (Å²) in [6.45, 7) is 3.10. The van der Waals surface area contributed by atoms with Crippen LogP contribution in [0, 0.1) is 0 Å². The first-order valence-corrected chi connectivity index (χ1v) is 7.38. The van der Waals surface area contributed by atoms with E-state index in [2.05, 4.69) is 0 Å². The first-order chi connectivity index (χ1) is 10.1. The molecule has 0 radical (unpaired) electrons. The van der Waals surface area contributed by atoms with E-state index in [4.69, 9.17) is 9.47 Å². The van der Waals surface area contributed by atoms with Crippen molar-refractivity contribution in [3.63, 3.8) is 0 Å². The topological polar surface area (TPSA) is 38.8 Å². The minimum Gasteiger partial charge on any atom is -0.493 e. The largest absolute Gasteiger partial charge is 0.493 e. The third-order valence-corrected chi connectivity index (χ3v) is 3.65. The highest BCUT2D eigenvalue weighted by Crippen LogP contribution is 2.29. The van der Waals surface area contributed by atoms with E-state index in [1.54, 1.807) is 18.1 Å². The Labute approximate surface area is 126 Å². The van der Waals surface area contributed by atoms with Crippen molar-refractivity contribution in [3.05, 3.63) is 35.4 Å². The van der Waals surface area contributed by atoms with E-state index in [-0.39, 0.29) is 5.91 Å². The summed E-state index contributed by atoms with van der Waals surface area (Å²) in [5, 5.41) is 0. The number of rotatable bonds is 6. The van der Waals surface area contributed by atoms with Crippen LogP contribution in [-0.4, -0.2) is 31.6 Å². The summed E-state index contributed by atoms with van der Waals surface area (Å²) in [6, 6.07) is 5.78. The number of ether oxygens (including phenoxy) is 2. The average molecular weight is 289 g/mol. The zero-order chi connectivity index (χ0) is 15.2. The summed E-state index contributed by atoms with van der Waals surface area (Å²) in [5.41, 5.74) is 2.29. The van der Waals surface area contributed by atoms with E-state index < -0.39 is 0 Å². The molecule has 1 aromatic rings. The third-order valence-electron chi connectivity index (χ3n) is 3.65. The van der Waals surface area contributed by atoms with E-state index in [0.717, 1.165) is 24.2 Å². The number of carbonyl (C=O) groups is 1. The molecule has 4 nitrogen and oxygen atoms in total. The molecular weight excluding hydrogens is 266 g/mol. The average Bonchev–Trinajstić information content (AvgIpc) is 2.44. The van der Waals surface area contributed by atoms with Crippen LogP contribution < -0.4 is 9.47 Å². The Morgan fingerprint density at radius 3 is 2.67 bits per heavy atom. The molecule has 2 rings (SSSR count). The van der Waals surface area contributed by atoms with Crippen molar-refractivity contribution in [3.8, 4) is 11.5 Å². The van der Waals surface area contributed by atoms with Gasteiger partial charge < -0.3 is 14.4 Å². The third kappa shape index (κ3) is 4.00. The Bertz CT molecular complexity index is 531. The molecule has 0 saturated heterocycles. The number of carbonyl (C=O) groups excluding carboxylic acids is 1. The molecule has 0 atom stereocenters. The minimum atomic E-state index is 0.0672. The highest BCUT2D eigenvalue weighted by molar-refractivity contribution is 5.88. The fraction of sp³-hybridized carbons (Fsp3) is 0.471. The number of benzene rings is 1. The Morgan fingerprint density at radius 2 is 2.10 bits per heavy atom. The molecule has 0 spiro atoms. The zero-order valence-corrected chi connectivity index (χ0v) is 13.0. The Hall–Kier alpha value is -1.97. The number of nitrogens with zero attached hydrogens (tertiary/aromatic N) is 1. The van der Waals surface area contributed by atoms with Crippen LogP contribution in [0.1, 0.15) is 31.7 Å². The number of methoxy groups -OCH3 is 1. The second-order valence-electron chi connectivity index (χ2n) is 5.27. The monoisotopic (exact) mass is 289 g/mol. The van der Waals surface area contributed by atoms with Crippen LogP contribution in [-0.2, 0) is 11.3 Å². The van der Waals surface area contributed by atoms with Gasteiger partial charge in [0, 0.05) is 19.7 Å². The van der Waals surface area contributed by atoms with Gasteiger partial charge in [0.15, 0.2) is 11.5 Å². The van der Waals surface area contributed by atoms with Crippen LogP contribution in [0.2, 0.25) is 0 Å². The maximum absolute atomic E-state index is 12.1. The molecule has 1 amide bonds. The van der Waals surface area contributed by atoms with Crippen molar-refractivity contribution in [1.82, 2.24) is 4.90 Å². The highest BCUT2D eigenvalue weighted by atomic mass is 16.5. The lowest BCUT2D eigenvalue weighted by molar-refractivity contribution is -0.125. The van der Waals surface area contributed by atoms with Crippen LogP contribution in [0.25, 0.3) is 0 Å². The summed E-state index contributed by atoms with van der Waals surface area (Å²) < 4.78 is 10.8. The van der Waals surface area contributed by atoms with Gasteiger partial charge in [-0.2, -0.15) is 0 Å². The molecule has 0 N–H and O–H groups in total. The molecule has 1 aliphatic rings. The number of hydrogen-bond acceptors (Lipinski definition) is 3. The molecule has 21 heavy (non-hydrogen) atoms. The second kappa shape index (κ2) is 7.16. The van der Waals surface area contributed by atoms with E-state index in [9.17, 15) is 4.79 Å². The number of hydrogen-bond donors (Lipinski definition) is 0. The van der Waals surface area contributed by atoms with Crippen LogP contribution in [0.5, 0.6) is 11.5 Å². The molecule has 0 bridgehead atoms. The Balaban J connectivity index is 2.02. The van der Waals surface area contributed by atoms with Gasteiger partial charge in [-0.3, -0.25) is 4.79 Å². The van der Waals surface area contributed by atoms with Crippen LogP contribution in [0.3, 0.4) is 0 Å². The van der Waals surface area contributed by atoms with E-state index >= 15 is 0 Å². The molecule has 1 saturated carbocycles. The summed E-state index contributed by atoms with van der Waals surface area (Å²) in [4.78, 5) is 13.8. The molecule has 0 aliphatic heterocycles. The molecule has 1 aromatic carbocycles. The van der Waals surface area contributed by atoms with Gasteiger partial charge in [-0.15, -0.1) is 0 Å². The number of amides is 1. The predicted molar refractivity (Wildman–Crippen MR) is 82.6 cm³/mol. The SMILES string of the molecule is CCOc1ccc(CN(C)C(=O)C=C2CCC2)cc1OC. The molecule has 0 aromatic heterocycles. The van der Waals surface area contributed by atoms with Crippen molar-refractivity contribution in [2.75, 3.05) is 20.8 Å². The first-order valence-electron chi connectivity index (χ1n) is 7.38. The van der Waals surface area contributed by atoms with Crippen LogP contribution in [0.4, 0.5) is 0 Å². The molecule has 0 unspecified atom stereocenters. The van der Waals surface area contributed by atoms with Gasteiger partial charge in [0.2, 0.25) is 5.91 Å². The standard InChI is InChI=1S/C17H23NO3/c1-4-21-15-9-8-14(10-16(15)20-3)12-18(2)17(19)11-13-6-5-7-13/h8-11H,4-7,12H2,1-3H3. The normalized spacial score (nSPS) is 13.4. The molecular formula is C17H23NO3. The lowest BCUT2D eigenvalue weighted by atomic mass is 9.92. The molecule has 4 heteroatoms. The fourth-order valence-electron chi connectivity index (χ4n) is 2.25. The number of likely N-dealkylation sites (N-methyl/N-ethyl adjacent to an activating group) is 1. The molecule has 1 aliphatic carbocycles. The van der Waals surface area contributed by atoms with Gasteiger partial charge in [-0.25, -0.2) is 0 Å². The van der Waals surface area contributed by atoms with Crippen molar-refractivity contribution >= 4 is 5.91 Å². The summed E-state index contributed by atoms with van der Waals surface area (Å²) in [5.74, 6) is 1.50. The van der Waals surface area contributed by atoms with Crippen molar-refractivity contribution in [2.24, 2.45) is 0 Å². The van der Waals surface area contributed by atoms with Crippen molar-refractivity contribution < 1.29 is 14.3 Å². The maximum atomic E-state index is 12.1. The Morgan fingerprint density at radius 1 is 1.33 bits per heavy atom. The minimum absolute atomic E-state index is 0.0672. The highest BCUT2D eigenvalue weighted by Gasteiger charge is 2.14. The molecule has 114 valence electrons. The van der Waals surface area contributed by atoms with Crippen molar-refractivity contribution in [1.29, 1.82) is 0 Å². The Kier molecular flexibility index (Phi) is 5.26. The lowest BCUT2D eigenvalue weighted by Crippen LogP contribution is -2.25. The van der Waals surface area contributed by atoms with Gasteiger partial charge in [-0.05, 0) is 43.9 Å². The van der Waals surface area contributed by atoms with Gasteiger partial charge in [0.05, 0.1) is 13.7 Å². The van der Waals surface area contributed by atoms with Gasteiger partial charge in [0.25, 0.3) is 0 Å². The quantitative estimate of drug-likeness (QED) is 0.755.